The van der Waals surface area contributed by atoms with E-state index in [1.54, 1.807) is 6.07 Å². The molecule has 2 heterocycles. The summed E-state index contributed by atoms with van der Waals surface area (Å²) in [5, 5.41) is 3.70. The fourth-order valence-electron chi connectivity index (χ4n) is 1.00. The number of carbonyl (C=O) groups excluding carboxylic acids is 1. The van der Waals surface area contributed by atoms with Gasteiger partial charge in [-0.1, -0.05) is 4.49 Å². The fourth-order valence-corrected chi connectivity index (χ4v) is 1.64. The van der Waals surface area contributed by atoms with E-state index in [2.05, 4.69) is 14.3 Å². The standard InChI is InChI=1S/C8H6N2O3S/c1-12-8(11)6-7(14-10-9-6)5-2-3-13-4-5/h2-4H,1H3. The van der Waals surface area contributed by atoms with Crippen LogP contribution in [-0.4, -0.2) is 22.7 Å². The number of ether oxygens (including phenoxy) is 1. The van der Waals surface area contributed by atoms with Gasteiger partial charge in [-0.05, 0) is 17.6 Å². The maximum atomic E-state index is 11.2. The smallest absolute Gasteiger partial charge is 0.360 e. The van der Waals surface area contributed by atoms with Crippen molar-refractivity contribution in [3.8, 4) is 10.4 Å². The lowest BCUT2D eigenvalue weighted by molar-refractivity contribution is 0.0595. The van der Waals surface area contributed by atoms with E-state index in [1.165, 1.54) is 19.6 Å². The number of hydrogen-bond acceptors (Lipinski definition) is 6. The average molecular weight is 210 g/mol. The molecule has 0 amide bonds. The Bertz CT molecular complexity index is 435. The van der Waals surface area contributed by atoms with Crippen LogP contribution in [0.1, 0.15) is 10.5 Å². The monoisotopic (exact) mass is 210 g/mol. The van der Waals surface area contributed by atoms with Crippen LogP contribution in [0.3, 0.4) is 0 Å². The third-order valence-electron chi connectivity index (χ3n) is 1.65. The van der Waals surface area contributed by atoms with E-state index in [0.29, 0.717) is 4.88 Å². The summed E-state index contributed by atoms with van der Waals surface area (Å²) in [4.78, 5) is 11.9. The van der Waals surface area contributed by atoms with Gasteiger partial charge in [0, 0.05) is 5.56 Å². The summed E-state index contributed by atoms with van der Waals surface area (Å²) in [6.45, 7) is 0. The molecule has 0 aromatic carbocycles. The van der Waals surface area contributed by atoms with Gasteiger partial charge in [-0.15, -0.1) is 5.10 Å². The molecule has 0 N–H and O–H groups in total. The molecule has 14 heavy (non-hydrogen) atoms. The molecule has 0 aliphatic rings. The summed E-state index contributed by atoms with van der Waals surface area (Å²) in [6, 6.07) is 1.74. The zero-order valence-electron chi connectivity index (χ0n) is 7.26. The van der Waals surface area contributed by atoms with Crippen molar-refractivity contribution in [3.05, 3.63) is 24.3 Å². The quantitative estimate of drug-likeness (QED) is 0.704. The van der Waals surface area contributed by atoms with Crippen LogP contribution >= 0.6 is 11.5 Å². The van der Waals surface area contributed by atoms with E-state index < -0.39 is 5.97 Å². The van der Waals surface area contributed by atoms with Gasteiger partial charge in [-0.3, -0.25) is 0 Å². The van der Waals surface area contributed by atoms with Crippen LogP contribution < -0.4 is 0 Å². The second-order valence-corrected chi connectivity index (χ2v) is 3.21. The molecule has 0 fully saturated rings. The zero-order chi connectivity index (χ0) is 9.97. The largest absolute Gasteiger partial charge is 0.472 e. The van der Waals surface area contributed by atoms with Crippen LogP contribution in [0, 0.1) is 0 Å². The Hall–Kier alpha value is -1.69. The van der Waals surface area contributed by atoms with Crippen LogP contribution in [0.25, 0.3) is 10.4 Å². The predicted molar refractivity (Wildman–Crippen MR) is 49.0 cm³/mol. The van der Waals surface area contributed by atoms with E-state index in [1.807, 2.05) is 0 Å². The number of methoxy groups -OCH3 is 1. The number of carbonyl (C=O) groups is 1. The molecule has 0 saturated carbocycles. The van der Waals surface area contributed by atoms with Crippen molar-refractivity contribution in [1.29, 1.82) is 0 Å². The summed E-state index contributed by atoms with van der Waals surface area (Å²) in [5.74, 6) is -0.491. The van der Waals surface area contributed by atoms with Gasteiger partial charge in [-0.2, -0.15) is 0 Å². The Balaban J connectivity index is 2.45. The highest BCUT2D eigenvalue weighted by molar-refractivity contribution is 7.09. The number of hydrogen-bond donors (Lipinski definition) is 0. The number of esters is 1. The van der Waals surface area contributed by atoms with Crippen LogP contribution in [-0.2, 0) is 4.74 Å². The summed E-state index contributed by atoms with van der Waals surface area (Å²) in [5.41, 5.74) is 0.999. The topological polar surface area (TPSA) is 65.2 Å². The molecule has 0 radical (unpaired) electrons. The van der Waals surface area contributed by atoms with Gasteiger partial charge in [0.15, 0.2) is 5.69 Å². The molecule has 0 aliphatic heterocycles. The molecule has 2 aromatic heterocycles. The second kappa shape index (κ2) is 3.59. The highest BCUT2D eigenvalue weighted by Crippen LogP contribution is 2.26. The third kappa shape index (κ3) is 1.39. The Morgan fingerprint density at radius 1 is 1.64 bits per heavy atom. The van der Waals surface area contributed by atoms with E-state index in [4.69, 9.17) is 4.42 Å². The molecule has 0 spiro atoms. The lowest BCUT2D eigenvalue weighted by atomic mass is 10.2. The normalized spacial score (nSPS) is 10.1. The van der Waals surface area contributed by atoms with E-state index in [0.717, 1.165) is 17.1 Å². The van der Waals surface area contributed by atoms with Gasteiger partial charge in [-0.25, -0.2) is 4.79 Å². The van der Waals surface area contributed by atoms with Crippen molar-refractivity contribution in [3.63, 3.8) is 0 Å². The van der Waals surface area contributed by atoms with Crippen molar-refractivity contribution < 1.29 is 13.9 Å². The number of furan rings is 1. The fraction of sp³-hybridized carbons (Fsp3) is 0.125. The summed E-state index contributed by atoms with van der Waals surface area (Å²) >= 11 is 1.13. The van der Waals surface area contributed by atoms with Crippen molar-refractivity contribution in [2.45, 2.75) is 0 Å². The number of aromatic nitrogens is 2. The first kappa shape index (κ1) is 8.89. The first-order valence-electron chi connectivity index (χ1n) is 3.76. The third-order valence-corrected chi connectivity index (χ3v) is 2.43. The van der Waals surface area contributed by atoms with Gasteiger partial charge in [0.2, 0.25) is 0 Å². The molecular formula is C8H6N2O3S. The van der Waals surface area contributed by atoms with E-state index >= 15 is 0 Å². The maximum absolute atomic E-state index is 11.2. The molecule has 0 atom stereocenters. The van der Waals surface area contributed by atoms with Gasteiger partial charge < -0.3 is 9.15 Å². The molecule has 0 aliphatic carbocycles. The van der Waals surface area contributed by atoms with Crippen LogP contribution in [0.5, 0.6) is 0 Å². The molecule has 0 unspecified atom stereocenters. The van der Waals surface area contributed by atoms with E-state index in [9.17, 15) is 4.79 Å². The minimum Gasteiger partial charge on any atom is -0.472 e. The summed E-state index contributed by atoms with van der Waals surface area (Å²) < 4.78 is 13.2. The first-order valence-corrected chi connectivity index (χ1v) is 4.53. The van der Waals surface area contributed by atoms with Gasteiger partial charge >= 0.3 is 5.97 Å². The van der Waals surface area contributed by atoms with Crippen LogP contribution in [0.4, 0.5) is 0 Å². The molecule has 0 bridgehead atoms. The molecule has 5 nitrogen and oxygen atoms in total. The van der Waals surface area contributed by atoms with Gasteiger partial charge in [0.25, 0.3) is 0 Å². The average Bonchev–Trinajstić information content (AvgIpc) is 2.85. The highest BCUT2D eigenvalue weighted by atomic mass is 32.1. The Morgan fingerprint density at radius 2 is 2.50 bits per heavy atom. The van der Waals surface area contributed by atoms with Crippen molar-refractivity contribution in [1.82, 2.24) is 9.59 Å². The number of nitrogens with zero attached hydrogens (tertiary/aromatic N) is 2. The Labute approximate surface area is 83.5 Å². The molecule has 72 valence electrons. The summed E-state index contributed by atoms with van der Waals surface area (Å²) in [6.07, 6.45) is 3.05. The molecule has 6 heteroatoms. The minimum absolute atomic E-state index is 0.221. The van der Waals surface area contributed by atoms with Crippen molar-refractivity contribution in [2.75, 3.05) is 7.11 Å². The SMILES string of the molecule is COC(=O)c1nnsc1-c1ccoc1. The zero-order valence-corrected chi connectivity index (χ0v) is 8.08. The lowest BCUT2D eigenvalue weighted by Crippen LogP contribution is -2.03. The molecule has 2 rings (SSSR count). The molecule has 2 aromatic rings. The summed E-state index contributed by atoms with van der Waals surface area (Å²) in [7, 11) is 1.31. The van der Waals surface area contributed by atoms with Crippen LogP contribution in [0.2, 0.25) is 0 Å². The highest BCUT2D eigenvalue weighted by Gasteiger charge is 2.18. The second-order valence-electron chi connectivity index (χ2n) is 2.45. The molecule has 0 saturated heterocycles. The number of rotatable bonds is 2. The predicted octanol–water partition coefficient (Wildman–Crippen LogP) is 1.58. The van der Waals surface area contributed by atoms with Gasteiger partial charge in [0.1, 0.15) is 0 Å². The van der Waals surface area contributed by atoms with Gasteiger partial charge in [0.05, 0.1) is 24.5 Å². The first-order chi connectivity index (χ1) is 6.83. The van der Waals surface area contributed by atoms with Crippen molar-refractivity contribution >= 4 is 17.5 Å². The van der Waals surface area contributed by atoms with E-state index in [-0.39, 0.29) is 5.69 Å². The lowest BCUT2D eigenvalue weighted by Gasteiger charge is -1.95. The Kier molecular flexibility index (Phi) is 2.28. The minimum atomic E-state index is -0.491. The Morgan fingerprint density at radius 3 is 3.14 bits per heavy atom. The van der Waals surface area contributed by atoms with Crippen molar-refractivity contribution in [2.24, 2.45) is 0 Å². The maximum Gasteiger partial charge on any atom is 0.360 e. The molecular weight excluding hydrogens is 204 g/mol. The van der Waals surface area contributed by atoms with Crippen LogP contribution in [0.15, 0.2) is 23.0 Å².